The van der Waals surface area contributed by atoms with Gasteiger partial charge < -0.3 is 9.47 Å². The Morgan fingerprint density at radius 2 is 2.28 bits per heavy atom. The highest BCUT2D eigenvalue weighted by atomic mass is 35.5. The summed E-state index contributed by atoms with van der Waals surface area (Å²) in [5, 5.41) is 0.747. The van der Waals surface area contributed by atoms with E-state index in [0.717, 1.165) is 25.2 Å². The third-order valence-electron chi connectivity index (χ3n) is 2.33. The summed E-state index contributed by atoms with van der Waals surface area (Å²) in [5.74, 6) is 0.835. The topological polar surface area (TPSA) is 57.1 Å². The van der Waals surface area contributed by atoms with Crippen LogP contribution in [0.15, 0.2) is 5.16 Å². The largest absolute Gasteiger partial charge is 0.461 e. The Morgan fingerprint density at radius 1 is 1.44 bits per heavy atom. The number of hydrogen-bond acceptors (Lipinski definition) is 6. The lowest BCUT2D eigenvalue weighted by Gasteiger charge is -2.10. The van der Waals surface area contributed by atoms with E-state index in [0.29, 0.717) is 11.3 Å². The quantitative estimate of drug-likeness (QED) is 0.777. The molecule has 0 amide bonds. The van der Waals surface area contributed by atoms with Crippen LogP contribution < -0.4 is 4.74 Å². The molecule has 0 aromatic carbocycles. The predicted molar refractivity (Wildman–Crippen MR) is 70.3 cm³/mol. The second-order valence-electron chi connectivity index (χ2n) is 4.28. The van der Waals surface area contributed by atoms with Crippen LogP contribution in [-0.2, 0) is 4.74 Å². The van der Waals surface area contributed by atoms with E-state index in [9.17, 15) is 0 Å². The lowest BCUT2D eigenvalue weighted by Crippen LogP contribution is -2.11. The van der Waals surface area contributed by atoms with Gasteiger partial charge in [0.15, 0.2) is 5.16 Å². The Labute approximate surface area is 116 Å². The number of aromatic nitrogens is 3. The van der Waals surface area contributed by atoms with Crippen LogP contribution in [0.5, 0.6) is 6.01 Å². The molecule has 0 saturated carbocycles. The Balaban J connectivity index is 1.96. The predicted octanol–water partition coefficient (Wildman–Crippen LogP) is 2.58. The normalized spacial score (nSPS) is 19.4. The molecule has 0 aliphatic carbocycles. The van der Waals surface area contributed by atoms with Crippen LogP contribution >= 0.6 is 23.4 Å². The van der Waals surface area contributed by atoms with Crippen molar-refractivity contribution in [2.45, 2.75) is 44.1 Å². The van der Waals surface area contributed by atoms with Gasteiger partial charge in [-0.3, -0.25) is 0 Å². The summed E-state index contributed by atoms with van der Waals surface area (Å²) in [6, 6.07) is 0.278. The van der Waals surface area contributed by atoms with Gasteiger partial charge in [-0.25, -0.2) is 0 Å². The fourth-order valence-electron chi connectivity index (χ4n) is 1.59. The van der Waals surface area contributed by atoms with Gasteiger partial charge >= 0.3 is 6.01 Å². The van der Waals surface area contributed by atoms with Crippen LogP contribution in [0.3, 0.4) is 0 Å². The SMILES string of the molecule is CC(C)Oc1nc(Cl)nc(SCC2CCCO2)n1. The third-order valence-corrected chi connectivity index (χ3v) is 3.48. The van der Waals surface area contributed by atoms with Crippen molar-refractivity contribution in [3.05, 3.63) is 5.28 Å². The Hall–Kier alpha value is -0.590. The van der Waals surface area contributed by atoms with Crippen LogP contribution in [-0.4, -0.2) is 39.5 Å². The van der Waals surface area contributed by atoms with Crippen LogP contribution in [0.4, 0.5) is 0 Å². The monoisotopic (exact) mass is 289 g/mol. The molecule has 2 heterocycles. The van der Waals surface area contributed by atoms with Gasteiger partial charge in [-0.15, -0.1) is 0 Å². The maximum Gasteiger partial charge on any atom is 0.321 e. The van der Waals surface area contributed by atoms with Gasteiger partial charge in [-0.2, -0.15) is 15.0 Å². The Morgan fingerprint density at radius 3 is 2.94 bits per heavy atom. The van der Waals surface area contributed by atoms with Crippen LogP contribution in [0.25, 0.3) is 0 Å². The molecule has 1 unspecified atom stereocenters. The van der Waals surface area contributed by atoms with Crippen LogP contribution in [0, 0.1) is 0 Å². The first-order chi connectivity index (χ1) is 8.63. The summed E-state index contributed by atoms with van der Waals surface area (Å²) < 4.78 is 11.0. The number of ether oxygens (including phenoxy) is 2. The van der Waals surface area contributed by atoms with E-state index in [1.807, 2.05) is 13.8 Å². The summed E-state index contributed by atoms with van der Waals surface area (Å²) >= 11 is 7.36. The molecule has 0 bridgehead atoms. The lowest BCUT2D eigenvalue weighted by molar-refractivity contribution is 0.129. The molecule has 1 aromatic rings. The maximum atomic E-state index is 5.84. The van der Waals surface area contributed by atoms with Crippen molar-refractivity contribution in [1.82, 2.24) is 15.0 Å². The molecule has 0 radical (unpaired) electrons. The molecule has 0 N–H and O–H groups in total. The van der Waals surface area contributed by atoms with E-state index in [-0.39, 0.29) is 17.4 Å². The molecule has 1 fully saturated rings. The molecule has 100 valence electrons. The summed E-state index contributed by atoms with van der Waals surface area (Å²) in [6.07, 6.45) is 2.53. The van der Waals surface area contributed by atoms with Crippen molar-refractivity contribution in [3.63, 3.8) is 0 Å². The minimum absolute atomic E-state index is 0.0134. The smallest absolute Gasteiger partial charge is 0.321 e. The first-order valence-electron chi connectivity index (χ1n) is 5.96. The molecular weight excluding hydrogens is 274 g/mol. The third kappa shape index (κ3) is 4.26. The highest BCUT2D eigenvalue weighted by molar-refractivity contribution is 7.99. The number of rotatable bonds is 5. The van der Waals surface area contributed by atoms with Gasteiger partial charge in [0.05, 0.1) is 12.2 Å². The van der Waals surface area contributed by atoms with Gasteiger partial charge in [0.1, 0.15) is 0 Å². The highest BCUT2D eigenvalue weighted by Crippen LogP contribution is 2.23. The fourth-order valence-corrected chi connectivity index (χ4v) is 2.68. The van der Waals surface area contributed by atoms with Crippen molar-refractivity contribution in [1.29, 1.82) is 0 Å². The molecule has 7 heteroatoms. The van der Waals surface area contributed by atoms with E-state index in [2.05, 4.69) is 15.0 Å². The van der Waals surface area contributed by atoms with Crippen molar-refractivity contribution < 1.29 is 9.47 Å². The zero-order valence-electron chi connectivity index (χ0n) is 10.4. The van der Waals surface area contributed by atoms with E-state index in [1.165, 1.54) is 11.8 Å². The number of nitrogens with zero attached hydrogens (tertiary/aromatic N) is 3. The van der Waals surface area contributed by atoms with Crippen molar-refractivity contribution in [2.75, 3.05) is 12.4 Å². The standard InChI is InChI=1S/C11H16ClN3O2S/c1-7(2)17-10-13-9(12)14-11(15-10)18-6-8-4-3-5-16-8/h7-8H,3-6H2,1-2H3. The van der Waals surface area contributed by atoms with Crippen molar-refractivity contribution in [3.8, 4) is 6.01 Å². The van der Waals surface area contributed by atoms with Crippen LogP contribution in [0.1, 0.15) is 26.7 Å². The van der Waals surface area contributed by atoms with E-state index >= 15 is 0 Å². The van der Waals surface area contributed by atoms with Gasteiger partial charge in [0, 0.05) is 12.4 Å². The molecule has 1 saturated heterocycles. The van der Waals surface area contributed by atoms with E-state index < -0.39 is 0 Å². The molecule has 1 aliphatic rings. The lowest BCUT2D eigenvalue weighted by atomic mass is 10.3. The minimum atomic E-state index is 0.0134. The molecule has 1 atom stereocenters. The highest BCUT2D eigenvalue weighted by Gasteiger charge is 2.17. The Bertz CT molecular complexity index is 400. The average molecular weight is 290 g/mol. The van der Waals surface area contributed by atoms with E-state index in [4.69, 9.17) is 21.1 Å². The van der Waals surface area contributed by atoms with E-state index in [1.54, 1.807) is 0 Å². The van der Waals surface area contributed by atoms with Crippen molar-refractivity contribution in [2.24, 2.45) is 0 Å². The summed E-state index contributed by atoms with van der Waals surface area (Å²) in [4.78, 5) is 12.2. The molecule has 5 nitrogen and oxygen atoms in total. The number of halogens is 1. The molecular formula is C11H16ClN3O2S. The minimum Gasteiger partial charge on any atom is -0.461 e. The first-order valence-corrected chi connectivity index (χ1v) is 7.32. The van der Waals surface area contributed by atoms with Gasteiger partial charge in [-0.05, 0) is 38.3 Å². The maximum absolute atomic E-state index is 5.84. The second-order valence-corrected chi connectivity index (χ2v) is 5.61. The fraction of sp³-hybridized carbons (Fsp3) is 0.727. The zero-order valence-corrected chi connectivity index (χ0v) is 12.0. The van der Waals surface area contributed by atoms with Crippen LogP contribution in [0.2, 0.25) is 5.28 Å². The molecule has 1 aromatic heterocycles. The van der Waals surface area contributed by atoms with Gasteiger partial charge in [-0.1, -0.05) is 11.8 Å². The summed E-state index contributed by atoms with van der Waals surface area (Å²) in [7, 11) is 0. The van der Waals surface area contributed by atoms with Gasteiger partial charge in [0.2, 0.25) is 5.28 Å². The average Bonchev–Trinajstić information content (AvgIpc) is 2.77. The number of thioether (sulfide) groups is 1. The molecule has 18 heavy (non-hydrogen) atoms. The Kier molecular flexibility index (Phi) is 5.03. The summed E-state index contributed by atoms with van der Waals surface area (Å²) in [6.45, 7) is 4.68. The zero-order chi connectivity index (χ0) is 13.0. The first kappa shape index (κ1) is 13.8. The molecule has 2 rings (SSSR count). The van der Waals surface area contributed by atoms with Crippen molar-refractivity contribution >= 4 is 23.4 Å². The number of hydrogen-bond donors (Lipinski definition) is 0. The molecule has 0 spiro atoms. The molecule has 1 aliphatic heterocycles. The van der Waals surface area contributed by atoms with Gasteiger partial charge in [0.25, 0.3) is 0 Å². The second kappa shape index (κ2) is 6.54. The summed E-state index contributed by atoms with van der Waals surface area (Å²) in [5.41, 5.74) is 0.